The number of hydrogen-bond donors (Lipinski definition) is 3. The van der Waals surface area contributed by atoms with Gasteiger partial charge in [-0.3, -0.25) is 4.79 Å². The van der Waals surface area contributed by atoms with Crippen LogP contribution in [0.4, 0.5) is 5.69 Å². The molecule has 1 heterocycles. The van der Waals surface area contributed by atoms with Gasteiger partial charge in [0.15, 0.2) is 0 Å². The molecular formula is C17H23N3O. The molecule has 0 atom stereocenters. The Morgan fingerprint density at radius 1 is 1.14 bits per heavy atom. The topological polar surface area (TPSA) is 70.9 Å². The van der Waals surface area contributed by atoms with Crippen LogP contribution in [-0.2, 0) is 0 Å². The van der Waals surface area contributed by atoms with Crippen LogP contribution < -0.4 is 11.1 Å². The molecule has 1 amide bonds. The van der Waals surface area contributed by atoms with E-state index >= 15 is 0 Å². The molecule has 1 saturated carbocycles. The minimum absolute atomic E-state index is 0.0174. The number of carbonyl (C=O) groups is 1. The molecular weight excluding hydrogens is 262 g/mol. The molecule has 0 unspecified atom stereocenters. The van der Waals surface area contributed by atoms with Crippen molar-refractivity contribution in [2.24, 2.45) is 0 Å². The van der Waals surface area contributed by atoms with E-state index in [1.165, 1.54) is 32.1 Å². The molecule has 0 bridgehead atoms. The minimum Gasteiger partial charge on any atom is -0.398 e. The number of H-pyrrole nitrogens is 1. The number of nitrogens with one attached hydrogen (secondary N) is 2. The first-order valence-corrected chi connectivity index (χ1v) is 7.92. The fraction of sp³-hybridized carbons (Fsp3) is 0.471. The first-order valence-electron chi connectivity index (χ1n) is 7.92. The highest BCUT2D eigenvalue weighted by Gasteiger charge is 2.16. The third-order valence-electron chi connectivity index (χ3n) is 4.38. The Balaban J connectivity index is 1.72. The third-order valence-corrected chi connectivity index (χ3v) is 4.38. The van der Waals surface area contributed by atoms with Crippen molar-refractivity contribution in [3.63, 3.8) is 0 Å². The maximum absolute atomic E-state index is 12.4. The number of aromatic nitrogens is 1. The molecule has 21 heavy (non-hydrogen) atoms. The summed E-state index contributed by atoms with van der Waals surface area (Å²) in [6.45, 7) is 0. The summed E-state index contributed by atoms with van der Waals surface area (Å²) >= 11 is 0. The van der Waals surface area contributed by atoms with E-state index in [0.29, 0.717) is 17.4 Å². The monoisotopic (exact) mass is 285 g/mol. The van der Waals surface area contributed by atoms with Gasteiger partial charge in [-0.15, -0.1) is 0 Å². The number of fused-ring (bicyclic) bond motifs is 1. The Labute approximate surface area is 125 Å². The number of nitrogen functional groups attached to an aromatic ring is 1. The van der Waals surface area contributed by atoms with Gasteiger partial charge in [-0.25, -0.2) is 0 Å². The summed E-state index contributed by atoms with van der Waals surface area (Å²) in [5, 5.41) is 4.09. The first kappa shape index (κ1) is 14.0. The lowest BCUT2D eigenvalue weighted by atomic mass is 9.96. The minimum atomic E-state index is -0.0174. The lowest BCUT2D eigenvalue weighted by Crippen LogP contribution is -2.35. The fourth-order valence-corrected chi connectivity index (χ4v) is 3.16. The number of amides is 1. The molecule has 4 nitrogen and oxygen atoms in total. The average molecular weight is 285 g/mol. The Morgan fingerprint density at radius 3 is 2.57 bits per heavy atom. The summed E-state index contributed by atoms with van der Waals surface area (Å²) in [5.74, 6) is -0.0174. The van der Waals surface area contributed by atoms with Crippen LogP contribution in [0.3, 0.4) is 0 Å². The van der Waals surface area contributed by atoms with Gasteiger partial charge in [0, 0.05) is 22.6 Å². The largest absolute Gasteiger partial charge is 0.398 e. The van der Waals surface area contributed by atoms with Gasteiger partial charge < -0.3 is 16.0 Å². The van der Waals surface area contributed by atoms with Gasteiger partial charge in [-0.1, -0.05) is 38.2 Å². The summed E-state index contributed by atoms with van der Waals surface area (Å²) < 4.78 is 0. The standard InChI is InChI=1S/C17H23N3O/c18-14-9-6-10-15-13(14)11-16(20-15)17(21)19-12-7-4-2-1-3-5-8-12/h6,9-12,20H,1-5,7-8,18H2,(H,19,21). The van der Waals surface area contributed by atoms with Crippen LogP contribution in [0.5, 0.6) is 0 Å². The van der Waals surface area contributed by atoms with Gasteiger partial charge >= 0.3 is 0 Å². The van der Waals surface area contributed by atoms with Crippen LogP contribution >= 0.6 is 0 Å². The summed E-state index contributed by atoms with van der Waals surface area (Å²) in [6.07, 6.45) is 8.52. The molecule has 0 radical (unpaired) electrons. The first-order chi connectivity index (χ1) is 10.2. The van der Waals surface area contributed by atoms with Crippen molar-refractivity contribution in [1.29, 1.82) is 0 Å². The second-order valence-electron chi connectivity index (χ2n) is 6.01. The van der Waals surface area contributed by atoms with E-state index in [0.717, 1.165) is 23.7 Å². The number of hydrogen-bond acceptors (Lipinski definition) is 2. The predicted molar refractivity (Wildman–Crippen MR) is 86.3 cm³/mol. The lowest BCUT2D eigenvalue weighted by molar-refractivity contribution is 0.0926. The molecule has 1 aliphatic carbocycles. The highest BCUT2D eigenvalue weighted by atomic mass is 16.1. The Kier molecular flexibility index (Phi) is 4.13. The molecule has 3 rings (SSSR count). The second-order valence-corrected chi connectivity index (χ2v) is 6.01. The van der Waals surface area contributed by atoms with Crippen molar-refractivity contribution in [3.8, 4) is 0 Å². The van der Waals surface area contributed by atoms with Crippen LogP contribution in [0, 0.1) is 0 Å². The fourth-order valence-electron chi connectivity index (χ4n) is 3.16. The number of carbonyl (C=O) groups excluding carboxylic acids is 1. The zero-order valence-electron chi connectivity index (χ0n) is 12.3. The van der Waals surface area contributed by atoms with E-state index in [4.69, 9.17) is 5.73 Å². The van der Waals surface area contributed by atoms with Crippen LogP contribution in [-0.4, -0.2) is 16.9 Å². The van der Waals surface area contributed by atoms with E-state index in [1.54, 1.807) is 0 Å². The van der Waals surface area contributed by atoms with Gasteiger partial charge in [0.05, 0.1) is 0 Å². The van der Waals surface area contributed by atoms with Gasteiger partial charge in [-0.2, -0.15) is 0 Å². The summed E-state index contributed by atoms with van der Waals surface area (Å²) in [5.41, 5.74) is 8.16. The predicted octanol–water partition coefficient (Wildman–Crippen LogP) is 3.59. The number of rotatable bonds is 2. The number of aromatic amines is 1. The normalized spacial score (nSPS) is 17.3. The van der Waals surface area contributed by atoms with E-state index in [9.17, 15) is 4.79 Å². The van der Waals surface area contributed by atoms with Crippen LogP contribution in [0.15, 0.2) is 24.3 Å². The summed E-state index contributed by atoms with van der Waals surface area (Å²) in [7, 11) is 0. The molecule has 112 valence electrons. The van der Waals surface area contributed by atoms with E-state index in [-0.39, 0.29) is 5.91 Å². The van der Waals surface area contributed by atoms with E-state index in [2.05, 4.69) is 10.3 Å². The van der Waals surface area contributed by atoms with Crippen molar-refractivity contribution < 1.29 is 4.79 Å². The van der Waals surface area contributed by atoms with Gasteiger partial charge in [0.1, 0.15) is 5.69 Å². The SMILES string of the molecule is Nc1cccc2[nH]c(C(=O)NC3CCCCCCC3)cc12. The van der Waals surface area contributed by atoms with Crippen LogP contribution in [0.25, 0.3) is 10.9 Å². The highest BCUT2D eigenvalue weighted by Crippen LogP contribution is 2.22. The van der Waals surface area contributed by atoms with Crippen molar-refractivity contribution in [2.45, 2.75) is 51.0 Å². The Morgan fingerprint density at radius 2 is 1.86 bits per heavy atom. The summed E-state index contributed by atoms with van der Waals surface area (Å²) in [4.78, 5) is 15.6. The van der Waals surface area contributed by atoms with Gasteiger partial charge in [-0.05, 0) is 31.0 Å². The number of anilines is 1. The Hall–Kier alpha value is -1.97. The smallest absolute Gasteiger partial charge is 0.267 e. The number of benzene rings is 1. The Bertz CT molecular complexity index is 624. The average Bonchev–Trinajstić information content (AvgIpc) is 2.87. The van der Waals surface area contributed by atoms with E-state index in [1.807, 2.05) is 24.3 Å². The maximum atomic E-state index is 12.4. The molecule has 0 spiro atoms. The van der Waals surface area contributed by atoms with Crippen molar-refractivity contribution >= 4 is 22.5 Å². The van der Waals surface area contributed by atoms with E-state index < -0.39 is 0 Å². The summed E-state index contributed by atoms with van der Waals surface area (Å²) in [6, 6.07) is 7.85. The van der Waals surface area contributed by atoms with Crippen molar-refractivity contribution in [1.82, 2.24) is 10.3 Å². The third kappa shape index (κ3) is 3.20. The molecule has 4 heteroatoms. The second kappa shape index (κ2) is 6.20. The van der Waals surface area contributed by atoms with Gasteiger partial charge in [0.25, 0.3) is 5.91 Å². The molecule has 1 aliphatic rings. The van der Waals surface area contributed by atoms with Gasteiger partial charge in [0.2, 0.25) is 0 Å². The van der Waals surface area contributed by atoms with Crippen LogP contribution in [0.2, 0.25) is 0 Å². The molecule has 1 fully saturated rings. The molecule has 1 aromatic carbocycles. The molecule has 4 N–H and O–H groups in total. The zero-order chi connectivity index (χ0) is 14.7. The lowest BCUT2D eigenvalue weighted by Gasteiger charge is -2.20. The molecule has 2 aromatic rings. The quantitative estimate of drug-likeness (QED) is 0.738. The number of nitrogens with two attached hydrogens (primary N) is 1. The maximum Gasteiger partial charge on any atom is 0.267 e. The van der Waals surface area contributed by atoms with Crippen molar-refractivity contribution in [3.05, 3.63) is 30.0 Å². The molecule has 0 aliphatic heterocycles. The molecule has 1 aromatic heterocycles. The zero-order valence-corrected chi connectivity index (χ0v) is 12.3. The van der Waals surface area contributed by atoms with Crippen molar-refractivity contribution in [2.75, 3.05) is 5.73 Å². The van der Waals surface area contributed by atoms with Crippen LogP contribution in [0.1, 0.15) is 55.4 Å². The highest BCUT2D eigenvalue weighted by molar-refractivity contribution is 6.01. The molecule has 0 saturated heterocycles.